The molecule has 0 aliphatic carbocycles. The van der Waals surface area contributed by atoms with Crippen molar-refractivity contribution in [2.24, 2.45) is 0 Å². The minimum Gasteiger partial charge on any atom is -0.463 e. The molecule has 3 heterocycles. The Morgan fingerprint density at radius 3 is 2.68 bits per heavy atom. The summed E-state index contributed by atoms with van der Waals surface area (Å²) in [5.74, 6) is -0.570. The SMILES string of the molecule is Cc1noc2nc(-c3ccco3)cc(C(=O)OCC(=O)c3ccc(Cl)cc3)c12. The molecule has 1 aromatic carbocycles. The summed E-state index contributed by atoms with van der Waals surface area (Å²) in [6.45, 7) is 1.28. The lowest BCUT2D eigenvalue weighted by Crippen LogP contribution is -2.15. The van der Waals surface area contributed by atoms with Crippen LogP contribution in [0.1, 0.15) is 26.4 Å². The van der Waals surface area contributed by atoms with Gasteiger partial charge < -0.3 is 13.7 Å². The van der Waals surface area contributed by atoms with Crippen molar-refractivity contribution in [2.75, 3.05) is 6.61 Å². The Morgan fingerprint density at radius 2 is 1.96 bits per heavy atom. The van der Waals surface area contributed by atoms with Crippen LogP contribution in [0.3, 0.4) is 0 Å². The van der Waals surface area contributed by atoms with E-state index in [4.69, 9.17) is 25.3 Å². The van der Waals surface area contributed by atoms with Gasteiger partial charge in [-0.3, -0.25) is 4.79 Å². The minimum atomic E-state index is -0.686. The molecule has 0 radical (unpaired) electrons. The second-order valence-corrected chi connectivity index (χ2v) is 6.42. The summed E-state index contributed by atoms with van der Waals surface area (Å²) in [4.78, 5) is 29.3. The number of fused-ring (bicyclic) bond motifs is 1. The predicted octanol–water partition coefficient (Wildman–Crippen LogP) is 4.48. The number of ether oxygens (including phenoxy) is 1. The van der Waals surface area contributed by atoms with E-state index in [1.807, 2.05) is 0 Å². The molecule has 0 unspecified atom stereocenters. The largest absolute Gasteiger partial charge is 0.463 e. The molecule has 140 valence electrons. The number of hydrogen-bond donors (Lipinski definition) is 0. The molecule has 3 aromatic heterocycles. The van der Waals surface area contributed by atoms with Gasteiger partial charge in [-0.1, -0.05) is 16.8 Å². The number of carbonyl (C=O) groups excluding carboxylic acids is 2. The Labute approximate surface area is 163 Å². The van der Waals surface area contributed by atoms with E-state index < -0.39 is 12.6 Å². The van der Waals surface area contributed by atoms with Gasteiger partial charge in [-0.25, -0.2) is 9.78 Å². The number of halogens is 1. The number of nitrogens with zero attached hydrogens (tertiary/aromatic N) is 2. The first-order valence-electron chi connectivity index (χ1n) is 8.29. The number of aryl methyl sites for hydroxylation is 1. The maximum absolute atomic E-state index is 12.7. The number of esters is 1. The van der Waals surface area contributed by atoms with Gasteiger partial charge in [0.1, 0.15) is 5.69 Å². The summed E-state index contributed by atoms with van der Waals surface area (Å²) >= 11 is 5.82. The molecule has 0 fully saturated rings. The number of Topliss-reactive ketones (excluding diaryl/α,β-unsaturated/α-hetero) is 1. The normalized spacial score (nSPS) is 10.9. The summed E-state index contributed by atoms with van der Waals surface area (Å²) in [6.07, 6.45) is 1.50. The van der Waals surface area contributed by atoms with Crippen molar-refractivity contribution in [2.45, 2.75) is 6.92 Å². The highest BCUT2D eigenvalue weighted by Crippen LogP contribution is 2.27. The molecule has 0 bridgehead atoms. The average Bonchev–Trinajstić information content (AvgIpc) is 3.36. The van der Waals surface area contributed by atoms with Crippen LogP contribution in [0, 0.1) is 6.92 Å². The quantitative estimate of drug-likeness (QED) is 0.362. The van der Waals surface area contributed by atoms with Gasteiger partial charge in [0.05, 0.1) is 22.9 Å². The third-order valence-electron chi connectivity index (χ3n) is 4.11. The number of benzene rings is 1. The zero-order valence-corrected chi connectivity index (χ0v) is 15.4. The minimum absolute atomic E-state index is 0.183. The van der Waals surface area contributed by atoms with E-state index >= 15 is 0 Å². The third-order valence-corrected chi connectivity index (χ3v) is 4.36. The zero-order valence-electron chi connectivity index (χ0n) is 14.6. The molecule has 0 atom stereocenters. The molecule has 4 aromatic rings. The van der Waals surface area contributed by atoms with Crippen LogP contribution < -0.4 is 0 Å². The van der Waals surface area contributed by atoms with E-state index in [1.165, 1.54) is 12.3 Å². The number of hydrogen-bond acceptors (Lipinski definition) is 7. The highest BCUT2D eigenvalue weighted by molar-refractivity contribution is 6.30. The average molecular weight is 397 g/mol. The van der Waals surface area contributed by atoms with Crippen LogP contribution >= 0.6 is 11.6 Å². The number of ketones is 1. The van der Waals surface area contributed by atoms with Gasteiger partial charge in [0.25, 0.3) is 5.71 Å². The summed E-state index contributed by atoms with van der Waals surface area (Å²) < 4.78 is 15.8. The first-order chi connectivity index (χ1) is 13.5. The number of rotatable bonds is 5. The molecule has 7 nitrogen and oxygen atoms in total. The van der Waals surface area contributed by atoms with E-state index in [0.717, 1.165) is 0 Å². The summed E-state index contributed by atoms with van der Waals surface area (Å²) in [5, 5.41) is 4.80. The van der Waals surface area contributed by atoms with E-state index in [1.54, 1.807) is 43.3 Å². The van der Waals surface area contributed by atoms with Crippen LogP contribution in [0.4, 0.5) is 0 Å². The third kappa shape index (κ3) is 3.39. The number of aromatic nitrogens is 2. The highest BCUT2D eigenvalue weighted by Gasteiger charge is 2.22. The number of pyridine rings is 1. The van der Waals surface area contributed by atoms with Crippen molar-refractivity contribution < 1.29 is 23.3 Å². The highest BCUT2D eigenvalue weighted by atomic mass is 35.5. The van der Waals surface area contributed by atoms with Gasteiger partial charge in [-0.15, -0.1) is 0 Å². The summed E-state index contributed by atoms with van der Waals surface area (Å²) in [5.41, 5.74) is 1.66. The van der Waals surface area contributed by atoms with Gasteiger partial charge in [-0.05, 0) is 49.4 Å². The fourth-order valence-corrected chi connectivity index (χ4v) is 2.86. The second-order valence-electron chi connectivity index (χ2n) is 5.99. The number of carbonyl (C=O) groups is 2. The molecule has 0 aliphatic heterocycles. The van der Waals surface area contributed by atoms with E-state index in [-0.39, 0.29) is 17.1 Å². The molecule has 28 heavy (non-hydrogen) atoms. The Kier molecular flexibility index (Phi) is 4.67. The van der Waals surface area contributed by atoms with Crippen LogP contribution in [-0.2, 0) is 4.74 Å². The molecule has 4 rings (SSSR count). The van der Waals surface area contributed by atoms with Crippen LogP contribution in [0.15, 0.2) is 57.7 Å². The second kappa shape index (κ2) is 7.28. The summed E-state index contributed by atoms with van der Waals surface area (Å²) in [7, 11) is 0. The van der Waals surface area contributed by atoms with Crippen molar-refractivity contribution in [3.8, 4) is 11.5 Å². The van der Waals surface area contributed by atoms with Crippen LogP contribution in [0.25, 0.3) is 22.6 Å². The first kappa shape index (κ1) is 17.9. The fourth-order valence-electron chi connectivity index (χ4n) is 2.73. The Hall–Kier alpha value is -3.45. The zero-order chi connectivity index (χ0) is 19.7. The van der Waals surface area contributed by atoms with Crippen molar-refractivity contribution in [1.82, 2.24) is 10.1 Å². The maximum Gasteiger partial charge on any atom is 0.339 e. The maximum atomic E-state index is 12.7. The van der Waals surface area contributed by atoms with Gasteiger partial charge in [-0.2, -0.15) is 0 Å². The standard InChI is InChI=1S/C20H13ClN2O5/c1-11-18-14(9-15(17-3-2-8-26-17)22-19(18)28-23-11)20(25)27-10-16(24)12-4-6-13(21)7-5-12/h2-9H,10H2,1H3. The van der Waals surface area contributed by atoms with Crippen LogP contribution in [0.5, 0.6) is 0 Å². The van der Waals surface area contributed by atoms with Crippen molar-refractivity contribution in [1.29, 1.82) is 0 Å². The van der Waals surface area contributed by atoms with Gasteiger partial charge in [0, 0.05) is 10.6 Å². The molecular weight excluding hydrogens is 384 g/mol. The monoisotopic (exact) mass is 396 g/mol. The van der Waals surface area contributed by atoms with Gasteiger partial charge in [0.2, 0.25) is 0 Å². The van der Waals surface area contributed by atoms with Crippen LogP contribution in [0.2, 0.25) is 5.02 Å². The topological polar surface area (TPSA) is 95.4 Å². The van der Waals surface area contributed by atoms with Crippen molar-refractivity contribution in [3.05, 3.63) is 70.6 Å². The van der Waals surface area contributed by atoms with E-state index in [0.29, 0.717) is 33.1 Å². The van der Waals surface area contributed by atoms with Crippen molar-refractivity contribution >= 4 is 34.5 Å². The Bertz CT molecular complexity index is 1160. The predicted molar refractivity (Wildman–Crippen MR) is 100 cm³/mol. The Balaban J connectivity index is 1.62. The Morgan fingerprint density at radius 1 is 1.18 bits per heavy atom. The van der Waals surface area contributed by atoms with Crippen LogP contribution in [-0.4, -0.2) is 28.5 Å². The molecule has 0 saturated heterocycles. The number of furan rings is 1. The molecule has 0 saturated carbocycles. The molecular formula is C20H13ClN2O5. The molecule has 0 aliphatic rings. The molecule has 0 amide bonds. The van der Waals surface area contributed by atoms with Crippen molar-refractivity contribution in [3.63, 3.8) is 0 Å². The summed E-state index contributed by atoms with van der Waals surface area (Å²) in [6, 6.07) is 11.3. The first-order valence-corrected chi connectivity index (χ1v) is 8.67. The molecule has 0 spiro atoms. The lowest BCUT2D eigenvalue weighted by molar-refractivity contribution is 0.0476. The van der Waals surface area contributed by atoms with E-state index in [2.05, 4.69) is 10.1 Å². The molecule has 8 heteroatoms. The smallest absolute Gasteiger partial charge is 0.339 e. The van der Waals surface area contributed by atoms with Gasteiger partial charge >= 0.3 is 5.97 Å². The lowest BCUT2D eigenvalue weighted by Gasteiger charge is -2.07. The van der Waals surface area contributed by atoms with E-state index in [9.17, 15) is 9.59 Å². The van der Waals surface area contributed by atoms with Gasteiger partial charge in [0.15, 0.2) is 18.2 Å². The fraction of sp³-hybridized carbons (Fsp3) is 0.100. The lowest BCUT2D eigenvalue weighted by atomic mass is 10.1. The molecule has 0 N–H and O–H groups in total.